The van der Waals surface area contributed by atoms with Crippen LogP contribution in [0.5, 0.6) is 0 Å². The van der Waals surface area contributed by atoms with Crippen LogP contribution in [0.1, 0.15) is 32.6 Å². The zero-order chi connectivity index (χ0) is 14.5. The minimum Gasteiger partial charge on any atom is -0.399 e. The van der Waals surface area contributed by atoms with Crippen molar-refractivity contribution >= 4 is 29.0 Å². The SMILES string of the molecule is CC1CCCC(SCC(=O)N(C)c2ccc(N)cc2)C1. The maximum Gasteiger partial charge on any atom is 0.236 e. The molecule has 3 nitrogen and oxygen atoms in total. The quantitative estimate of drug-likeness (QED) is 0.863. The second-order valence-corrected chi connectivity index (χ2v) is 7.04. The molecule has 0 heterocycles. The van der Waals surface area contributed by atoms with Crippen LogP contribution in [0.15, 0.2) is 24.3 Å². The van der Waals surface area contributed by atoms with Gasteiger partial charge in [0, 0.05) is 23.7 Å². The van der Waals surface area contributed by atoms with Crippen molar-refractivity contribution in [3.63, 3.8) is 0 Å². The van der Waals surface area contributed by atoms with Gasteiger partial charge in [0.05, 0.1) is 5.75 Å². The molecular formula is C16H24N2OS. The van der Waals surface area contributed by atoms with Crippen molar-refractivity contribution in [2.45, 2.75) is 37.9 Å². The Morgan fingerprint density at radius 1 is 1.35 bits per heavy atom. The molecule has 4 heteroatoms. The van der Waals surface area contributed by atoms with Gasteiger partial charge in [-0.1, -0.05) is 19.8 Å². The Kier molecular flexibility index (Phi) is 5.35. The lowest BCUT2D eigenvalue weighted by Gasteiger charge is -2.26. The van der Waals surface area contributed by atoms with Crippen molar-refractivity contribution in [1.82, 2.24) is 0 Å². The lowest BCUT2D eigenvalue weighted by molar-refractivity contribution is -0.115. The zero-order valence-corrected chi connectivity index (χ0v) is 13.2. The van der Waals surface area contributed by atoms with E-state index in [0.717, 1.165) is 17.3 Å². The molecule has 0 aliphatic heterocycles. The number of nitrogen functional groups attached to an aromatic ring is 1. The third kappa shape index (κ3) is 4.17. The van der Waals surface area contributed by atoms with Crippen LogP contribution in [0.25, 0.3) is 0 Å². The monoisotopic (exact) mass is 292 g/mol. The molecule has 1 aliphatic rings. The molecule has 0 saturated heterocycles. The van der Waals surface area contributed by atoms with Crippen LogP contribution in [0, 0.1) is 5.92 Å². The fourth-order valence-electron chi connectivity index (χ4n) is 2.66. The van der Waals surface area contributed by atoms with Crippen LogP contribution in [-0.4, -0.2) is 24.0 Å². The van der Waals surface area contributed by atoms with Crippen LogP contribution in [-0.2, 0) is 4.79 Å². The number of carbonyl (C=O) groups excluding carboxylic acids is 1. The summed E-state index contributed by atoms with van der Waals surface area (Å²) >= 11 is 1.82. The summed E-state index contributed by atoms with van der Waals surface area (Å²) < 4.78 is 0. The van der Waals surface area contributed by atoms with Crippen molar-refractivity contribution in [1.29, 1.82) is 0 Å². The maximum atomic E-state index is 12.2. The number of hydrogen-bond acceptors (Lipinski definition) is 3. The number of rotatable bonds is 4. The summed E-state index contributed by atoms with van der Waals surface area (Å²) in [6.45, 7) is 2.31. The van der Waals surface area contributed by atoms with E-state index >= 15 is 0 Å². The fourth-order valence-corrected chi connectivity index (χ4v) is 4.03. The van der Waals surface area contributed by atoms with Crippen molar-refractivity contribution < 1.29 is 4.79 Å². The molecule has 1 saturated carbocycles. The highest BCUT2D eigenvalue weighted by atomic mass is 32.2. The third-order valence-electron chi connectivity index (χ3n) is 3.99. The maximum absolute atomic E-state index is 12.2. The minimum atomic E-state index is 0.165. The van der Waals surface area contributed by atoms with E-state index in [4.69, 9.17) is 5.73 Å². The summed E-state index contributed by atoms with van der Waals surface area (Å²) in [6, 6.07) is 7.44. The van der Waals surface area contributed by atoms with Crippen LogP contribution < -0.4 is 10.6 Å². The zero-order valence-electron chi connectivity index (χ0n) is 12.3. The van der Waals surface area contributed by atoms with E-state index in [1.165, 1.54) is 25.7 Å². The molecule has 1 fully saturated rings. The number of carbonyl (C=O) groups is 1. The first-order valence-electron chi connectivity index (χ1n) is 7.30. The molecule has 1 aromatic carbocycles. The summed E-state index contributed by atoms with van der Waals surface area (Å²) in [6.07, 6.45) is 5.16. The summed E-state index contributed by atoms with van der Waals surface area (Å²) in [5.74, 6) is 1.54. The summed E-state index contributed by atoms with van der Waals surface area (Å²) in [4.78, 5) is 13.9. The normalized spacial score (nSPS) is 22.5. The number of anilines is 2. The molecule has 1 aromatic rings. The molecule has 110 valence electrons. The molecule has 2 N–H and O–H groups in total. The van der Waals surface area contributed by atoms with Crippen molar-refractivity contribution in [2.24, 2.45) is 5.92 Å². The lowest BCUT2D eigenvalue weighted by atomic mass is 9.91. The highest BCUT2D eigenvalue weighted by Crippen LogP contribution is 2.32. The van der Waals surface area contributed by atoms with E-state index in [-0.39, 0.29) is 5.91 Å². The first kappa shape index (κ1) is 15.2. The fraction of sp³-hybridized carbons (Fsp3) is 0.562. The van der Waals surface area contributed by atoms with Crippen LogP contribution in [0.4, 0.5) is 11.4 Å². The average Bonchev–Trinajstić information content (AvgIpc) is 2.45. The highest BCUT2D eigenvalue weighted by molar-refractivity contribution is 8.00. The van der Waals surface area contributed by atoms with Gasteiger partial charge in [-0.3, -0.25) is 4.79 Å². The van der Waals surface area contributed by atoms with Gasteiger partial charge >= 0.3 is 0 Å². The molecule has 20 heavy (non-hydrogen) atoms. The van der Waals surface area contributed by atoms with Crippen molar-refractivity contribution in [3.8, 4) is 0 Å². The number of nitrogens with zero attached hydrogens (tertiary/aromatic N) is 1. The van der Waals surface area contributed by atoms with Crippen LogP contribution >= 0.6 is 11.8 Å². The molecule has 2 atom stereocenters. The first-order valence-corrected chi connectivity index (χ1v) is 8.35. The average molecular weight is 292 g/mol. The molecule has 0 radical (unpaired) electrons. The Morgan fingerprint density at radius 2 is 2.05 bits per heavy atom. The third-order valence-corrected chi connectivity index (χ3v) is 5.30. The van der Waals surface area contributed by atoms with Gasteiger partial charge in [0.2, 0.25) is 5.91 Å². The second kappa shape index (κ2) is 7.02. The van der Waals surface area contributed by atoms with Crippen molar-refractivity contribution in [3.05, 3.63) is 24.3 Å². The van der Waals surface area contributed by atoms with Gasteiger partial charge in [-0.2, -0.15) is 0 Å². The smallest absolute Gasteiger partial charge is 0.236 e. The molecule has 0 bridgehead atoms. The summed E-state index contributed by atoms with van der Waals surface area (Å²) in [7, 11) is 1.83. The Balaban J connectivity index is 1.83. The van der Waals surface area contributed by atoms with Crippen LogP contribution in [0.2, 0.25) is 0 Å². The Hall–Kier alpha value is -1.16. The van der Waals surface area contributed by atoms with Gasteiger partial charge in [0.1, 0.15) is 0 Å². The van der Waals surface area contributed by atoms with Gasteiger partial charge in [0.25, 0.3) is 0 Å². The molecular weight excluding hydrogens is 268 g/mol. The standard InChI is InChI=1S/C16H24N2OS/c1-12-4-3-5-15(10-12)20-11-16(19)18(2)14-8-6-13(17)7-9-14/h6-9,12,15H,3-5,10-11,17H2,1-2H3. The topological polar surface area (TPSA) is 46.3 Å². The Morgan fingerprint density at radius 3 is 2.70 bits per heavy atom. The van der Waals surface area contributed by atoms with Crippen LogP contribution in [0.3, 0.4) is 0 Å². The van der Waals surface area contributed by atoms with Gasteiger partial charge < -0.3 is 10.6 Å². The number of hydrogen-bond donors (Lipinski definition) is 1. The predicted molar refractivity (Wildman–Crippen MR) is 88.1 cm³/mol. The second-order valence-electron chi connectivity index (χ2n) is 5.75. The Labute approximate surface area is 125 Å². The number of amides is 1. The van der Waals surface area contributed by atoms with E-state index in [1.807, 2.05) is 43.1 Å². The molecule has 1 amide bonds. The van der Waals surface area contributed by atoms with E-state index in [0.29, 0.717) is 11.0 Å². The molecule has 2 rings (SSSR count). The van der Waals surface area contributed by atoms with Crippen molar-refractivity contribution in [2.75, 3.05) is 23.4 Å². The molecule has 1 aliphatic carbocycles. The number of thioether (sulfide) groups is 1. The largest absolute Gasteiger partial charge is 0.399 e. The van der Waals surface area contributed by atoms with E-state index in [9.17, 15) is 4.79 Å². The van der Waals surface area contributed by atoms with Gasteiger partial charge in [-0.25, -0.2) is 0 Å². The minimum absolute atomic E-state index is 0.165. The first-order chi connectivity index (χ1) is 9.56. The summed E-state index contributed by atoms with van der Waals surface area (Å²) in [5.41, 5.74) is 7.29. The van der Waals surface area contributed by atoms with E-state index < -0.39 is 0 Å². The number of nitrogens with two attached hydrogens (primary N) is 1. The molecule has 0 aromatic heterocycles. The Bertz CT molecular complexity index is 446. The highest BCUT2D eigenvalue weighted by Gasteiger charge is 2.21. The lowest BCUT2D eigenvalue weighted by Crippen LogP contribution is -2.29. The summed E-state index contributed by atoms with van der Waals surface area (Å²) in [5, 5.41) is 0.655. The van der Waals surface area contributed by atoms with E-state index in [2.05, 4.69) is 6.92 Å². The molecule has 0 spiro atoms. The van der Waals surface area contributed by atoms with Gasteiger partial charge in [-0.05, 0) is 43.0 Å². The van der Waals surface area contributed by atoms with E-state index in [1.54, 1.807) is 4.90 Å². The van der Waals surface area contributed by atoms with Gasteiger partial charge in [0.15, 0.2) is 0 Å². The molecule has 2 unspecified atom stereocenters. The number of benzene rings is 1. The van der Waals surface area contributed by atoms with Gasteiger partial charge in [-0.15, -0.1) is 11.8 Å². The predicted octanol–water partition coefficient (Wildman–Crippen LogP) is 3.54.